The molecular weight excluding hydrogens is 272 g/mol. The molecule has 0 saturated carbocycles. The SMILES string of the molecule is CCC(C)NC(=O)C(CC(=O)O)SCC(N)C(=O)O. The predicted molar refractivity (Wildman–Crippen MR) is 72.0 cm³/mol. The zero-order valence-electron chi connectivity index (χ0n) is 11.0. The van der Waals surface area contributed by atoms with Crippen molar-refractivity contribution < 1.29 is 24.6 Å². The number of nitrogens with two attached hydrogens (primary N) is 1. The zero-order valence-corrected chi connectivity index (χ0v) is 11.8. The van der Waals surface area contributed by atoms with E-state index in [4.69, 9.17) is 15.9 Å². The topological polar surface area (TPSA) is 130 Å². The fraction of sp³-hybridized carbons (Fsp3) is 0.727. The minimum atomic E-state index is -1.18. The van der Waals surface area contributed by atoms with Crippen molar-refractivity contribution in [2.24, 2.45) is 5.73 Å². The van der Waals surface area contributed by atoms with Crippen LogP contribution in [0.1, 0.15) is 26.7 Å². The second kappa shape index (κ2) is 8.76. The van der Waals surface area contributed by atoms with Gasteiger partial charge in [0.1, 0.15) is 6.04 Å². The number of nitrogens with one attached hydrogen (secondary N) is 1. The van der Waals surface area contributed by atoms with Gasteiger partial charge in [0.2, 0.25) is 5.91 Å². The van der Waals surface area contributed by atoms with Gasteiger partial charge in [-0.1, -0.05) is 6.92 Å². The summed E-state index contributed by atoms with van der Waals surface area (Å²) in [7, 11) is 0. The highest BCUT2D eigenvalue weighted by atomic mass is 32.2. The van der Waals surface area contributed by atoms with E-state index in [1.54, 1.807) is 0 Å². The average molecular weight is 292 g/mol. The fourth-order valence-electron chi connectivity index (χ4n) is 1.11. The van der Waals surface area contributed by atoms with Crippen molar-refractivity contribution in [1.82, 2.24) is 5.32 Å². The Morgan fingerprint density at radius 2 is 1.89 bits per heavy atom. The van der Waals surface area contributed by atoms with E-state index < -0.39 is 29.1 Å². The van der Waals surface area contributed by atoms with Crippen LogP contribution in [-0.2, 0) is 14.4 Å². The largest absolute Gasteiger partial charge is 0.481 e. The van der Waals surface area contributed by atoms with E-state index >= 15 is 0 Å². The Kier molecular flexibility index (Phi) is 8.17. The number of carbonyl (C=O) groups is 3. The molecule has 0 saturated heterocycles. The molecule has 5 N–H and O–H groups in total. The molecule has 0 aromatic heterocycles. The van der Waals surface area contributed by atoms with E-state index in [0.717, 1.165) is 18.2 Å². The van der Waals surface area contributed by atoms with Crippen molar-refractivity contribution >= 4 is 29.6 Å². The van der Waals surface area contributed by atoms with Crippen LogP contribution in [0.25, 0.3) is 0 Å². The molecule has 0 aliphatic heterocycles. The third-order valence-electron chi connectivity index (χ3n) is 2.45. The minimum Gasteiger partial charge on any atom is -0.481 e. The van der Waals surface area contributed by atoms with Gasteiger partial charge in [-0.3, -0.25) is 14.4 Å². The molecule has 0 aliphatic rings. The van der Waals surface area contributed by atoms with Gasteiger partial charge in [-0.2, -0.15) is 0 Å². The van der Waals surface area contributed by atoms with Gasteiger partial charge in [0.25, 0.3) is 0 Å². The zero-order chi connectivity index (χ0) is 15.0. The molecule has 0 fully saturated rings. The van der Waals surface area contributed by atoms with Gasteiger partial charge in [-0.15, -0.1) is 11.8 Å². The maximum Gasteiger partial charge on any atom is 0.321 e. The Balaban J connectivity index is 4.49. The smallest absolute Gasteiger partial charge is 0.321 e. The fourth-order valence-corrected chi connectivity index (χ4v) is 2.18. The summed E-state index contributed by atoms with van der Waals surface area (Å²) in [5, 5.41) is 19.2. The number of amides is 1. The number of carboxylic acids is 2. The number of carbonyl (C=O) groups excluding carboxylic acids is 1. The molecule has 0 heterocycles. The van der Waals surface area contributed by atoms with Crippen LogP contribution in [0, 0.1) is 0 Å². The number of aliphatic carboxylic acids is 2. The van der Waals surface area contributed by atoms with E-state index in [9.17, 15) is 14.4 Å². The molecule has 0 aromatic carbocycles. The first-order chi connectivity index (χ1) is 8.77. The van der Waals surface area contributed by atoms with Crippen molar-refractivity contribution in [1.29, 1.82) is 0 Å². The van der Waals surface area contributed by atoms with E-state index in [1.165, 1.54) is 0 Å². The third kappa shape index (κ3) is 7.68. The lowest BCUT2D eigenvalue weighted by molar-refractivity contribution is -0.138. The molecule has 19 heavy (non-hydrogen) atoms. The molecule has 7 nitrogen and oxygen atoms in total. The van der Waals surface area contributed by atoms with Crippen LogP contribution in [-0.4, -0.2) is 51.1 Å². The molecule has 0 rings (SSSR count). The van der Waals surface area contributed by atoms with Crippen molar-refractivity contribution in [3.8, 4) is 0 Å². The standard InChI is InChI=1S/C11H20N2O5S/c1-3-6(2)13-10(16)8(4-9(14)15)19-5-7(12)11(17)18/h6-8H,3-5,12H2,1-2H3,(H,13,16)(H,14,15)(H,17,18). The molecule has 0 radical (unpaired) electrons. The average Bonchev–Trinajstić information content (AvgIpc) is 2.32. The minimum absolute atomic E-state index is 0.0127. The Bertz CT molecular complexity index is 337. The summed E-state index contributed by atoms with van der Waals surface area (Å²) in [5.41, 5.74) is 5.32. The monoisotopic (exact) mass is 292 g/mol. The molecular formula is C11H20N2O5S. The lowest BCUT2D eigenvalue weighted by Crippen LogP contribution is -2.41. The first kappa shape index (κ1) is 17.7. The summed E-state index contributed by atoms with van der Waals surface area (Å²) in [6, 6.07) is -1.17. The van der Waals surface area contributed by atoms with Crippen LogP contribution in [0.5, 0.6) is 0 Å². The first-order valence-electron chi connectivity index (χ1n) is 5.90. The maximum atomic E-state index is 11.8. The van der Waals surface area contributed by atoms with Crippen molar-refractivity contribution in [2.75, 3.05) is 5.75 Å². The van der Waals surface area contributed by atoms with E-state index in [1.807, 2.05) is 13.8 Å². The highest BCUT2D eigenvalue weighted by Gasteiger charge is 2.25. The first-order valence-corrected chi connectivity index (χ1v) is 6.94. The summed E-state index contributed by atoms with van der Waals surface area (Å²) in [5.74, 6) is -2.70. The van der Waals surface area contributed by atoms with E-state index in [0.29, 0.717) is 0 Å². The molecule has 0 aromatic rings. The van der Waals surface area contributed by atoms with Gasteiger partial charge in [-0.05, 0) is 13.3 Å². The summed E-state index contributed by atoms with van der Waals surface area (Å²) >= 11 is 0.948. The second-order valence-electron chi connectivity index (χ2n) is 4.18. The van der Waals surface area contributed by atoms with Crippen molar-refractivity contribution in [2.45, 2.75) is 44.0 Å². The lowest BCUT2D eigenvalue weighted by atomic mass is 10.2. The molecule has 8 heteroatoms. The second-order valence-corrected chi connectivity index (χ2v) is 5.42. The number of hydrogen-bond donors (Lipinski definition) is 4. The Hall–Kier alpha value is -1.28. The summed E-state index contributed by atoms with van der Waals surface area (Å²) in [6.45, 7) is 3.70. The maximum absolute atomic E-state index is 11.8. The Morgan fingerprint density at radius 1 is 1.32 bits per heavy atom. The highest BCUT2D eigenvalue weighted by molar-refractivity contribution is 8.00. The molecule has 1 amide bonds. The van der Waals surface area contributed by atoms with Gasteiger partial charge in [-0.25, -0.2) is 0 Å². The van der Waals surface area contributed by atoms with Crippen LogP contribution in [0.2, 0.25) is 0 Å². The quantitative estimate of drug-likeness (QED) is 0.466. The predicted octanol–water partition coefficient (Wildman–Crippen LogP) is -0.110. The molecule has 0 bridgehead atoms. The van der Waals surface area contributed by atoms with E-state index in [2.05, 4.69) is 5.32 Å². The number of hydrogen-bond acceptors (Lipinski definition) is 5. The molecule has 0 spiro atoms. The number of thioether (sulfide) groups is 1. The lowest BCUT2D eigenvalue weighted by Gasteiger charge is -2.18. The van der Waals surface area contributed by atoms with Gasteiger partial charge < -0.3 is 21.3 Å². The van der Waals surface area contributed by atoms with Gasteiger partial charge >= 0.3 is 11.9 Å². The molecule has 3 unspecified atom stereocenters. The normalized spacial score (nSPS) is 15.3. The van der Waals surface area contributed by atoms with Gasteiger partial charge in [0.05, 0.1) is 11.7 Å². The van der Waals surface area contributed by atoms with Gasteiger partial charge in [0, 0.05) is 11.8 Å². The number of carboxylic acid groups (broad SMARTS) is 2. The Labute approximate surface area is 115 Å². The van der Waals surface area contributed by atoms with E-state index in [-0.39, 0.29) is 18.2 Å². The highest BCUT2D eigenvalue weighted by Crippen LogP contribution is 2.16. The van der Waals surface area contributed by atoms with Crippen molar-refractivity contribution in [3.63, 3.8) is 0 Å². The third-order valence-corrected chi connectivity index (χ3v) is 3.78. The number of rotatable bonds is 9. The van der Waals surface area contributed by atoms with Crippen LogP contribution >= 0.6 is 11.8 Å². The van der Waals surface area contributed by atoms with Crippen LogP contribution in [0.4, 0.5) is 0 Å². The summed E-state index contributed by atoms with van der Waals surface area (Å²) in [6.07, 6.45) is 0.365. The molecule has 0 aliphatic carbocycles. The van der Waals surface area contributed by atoms with Crippen molar-refractivity contribution in [3.05, 3.63) is 0 Å². The van der Waals surface area contributed by atoms with Crippen LogP contribution < -0.4 is 11.1 Å². The summed E-state index contributed by atoms with van der Waals surface area (Å²) < 4.78 is 0. The molecule has 110 valence electrons. The molecule has 3 atom stereocenters. The summed E-state index contributed by atoms with van der Waals surface area (Å²) in [4.78, 5) is 33.1. The van der Waals surface area contributed by atoms with Crippen LogP contribution in [0.3, 0.4) is 0 Å². The van der Waals surface area contributed by atoms with Gasteiger partial charge in [0.15, 0.2) is 0 Å². The Morgan fingerprint density at radius 3 is 2.32 bits per heavy atom. The van der Waals surface area contributed by atoms with Crippen LogP contribution in [0.15, 0.2) is 0 Å².